The van der Waals surface area contributed by atoms with Crippen molar-refractivity contribution in [2.24, 2.45) is 59.2 Å². The van der Waals surface area contributed by atoms with Crippen LogP contribution in [0.4, 0.5) is 0 Å². The van der Waals surface area contributed by atoms with Gasteiger partial charge >= 0.3 is 35.8 Å². The van der Waals surface area contributed by atoms with Crippen molar-refractivity contribution in [3.63, 3.8) is 0 Å². The molecule has 12 nitrogen and oxygen atoms in total. The number of rotatable bonds is 14. The van der Waals surface area contributed by atoms with Gasteiger partial charge in [0.15, 0.2) is 0 Å². The Morgan fingerprint density at radius 1 is 0.406 bits per heavy atom. The van der Waals surface area contributed by atoms with E-state index in [4.69, 9.17) is 28.4 Å². The summed E-state index contributed by atoms with van der Waals surface area (Å²) in [6.07, 6.45) is 11.6. The van der Waals surface area contributed by atoms with E-state index in [1.807, 2.05) is 48.5 Å². The summed E-state index contributed by atoms with van der Waals surface area (Å²) < 4.78 is 37.3. The third kappa shape index (κ3) is 10.7. The number of hydrogen-bond acceptors (Lipinski definition) is 12. The van der Waals surface area contributed by atoms with Crippen molar-refractivity contribution in [2.45, 2.75) is 187 Å². The summed E-state index contributed by atoms with van der Waals surface area (Å²) >= 11 is 0. The van der Waals surface area contributed by atoms with Crippen LogP contribution < -0.4 is 9.47 Å². The first-order valence-electron chi connectivity index (χ1n) is 26.7. The Hall–Kier alpha value is -4.74. The third-order valence-corrected chi connectivity index (χ3v) is 17.5. The molecule has 0 spiro atoms. The van der Waals surface area contributed by atoms with Crippen LogP contribution in [0.3, 0.4) is 0 Å². The highest BCUT2D eigenvalue weighted by molar-refractivity contribution is 5.77. The molecule has 8 rings (SSSR count). The second-order valence-corrected chi connectivity index (χ2v) is 21.5. The number of fused-ring (bicyclic) bond motifs is 4. The molecule has 14 atom stereocenters. The Labute approximate surface area is 409 Å². The van der Waals surface area contributed by atoms with Gasteiger partial charge in [-0.2, -0.15) is 0 Å². The molecule has 6 fully saturated rings. The summed E-state index contributed by atoms with van der Waals surface area (Å²) in [6.45, 7) is 11.4. The van der Waals surface area contributed by atoms with E-state index < -0.39 is 29.5 Å². The molecule has 0 heterocycles. The minimum absolute atomic E-state index is 0.0193. The quantitative estimate of drug-likeness (QED) is 0.100. The maximum atomic E-state index is 14.3. The van der Waals surface area contributed by atoms with Crippen molar-refractivity contribution in [1.29, 1.82) is 0 Å². The van der Waals surface area contributed by atoms with Crippen LogP contribution in [-0.2, 0) is 53.1 Å². The van der Waals surface area contributed by atoms with Crippen LogP contribution in [0.5, 0.6) is 11.5 Å². The summed E-state index contributed by atoms with van der Waals surface area (Å²) in [5, 5.41) is 0. The lowest BCUT2D eigenvalue weighted by Gasteiger charge is -2.55. The van der Waals surface area contributed by atoms with Gasteiger partial charge in [-0.3, -0.25) is 28.8 Å². The van der Waals surface area contributed by atoms with Crippen LogP contribution in [0, 0.1) is 59.2 Å². The molecule has 0 aromatic heterocycles. The molecule has 14 unspecified atom stereocenters. The second-order valence-electron chi connectivity index (χ2n) is 21.5. The second kappa shape index (κ2) is 22.1. The summed E-state index contributed by atoms with van der Waals surface area (Å²) in [5.41, 5.74) is 1.51. The number of ether oxygens (including phenoxy) is 6. The van der Waals surface area contributed by atoms with E-state index in [0.717, 1.165) is 88.2 Å². The van der Waals surface area contributed by atoms with E-state index in [9.17, 15) is 28.8 Å². The summed E-state index contributed by atoms with van der Waals surface area (Å²) in [6, 6.07) is 15.1. The maximum Gasteiger partial charge on any atom is 0.314 e. The molecule has 0 N–H and O–H groups in total. The number of esters is 6. The molecule has 2 aromatic rings. The normalized spacial score (nSPS) is 32.8. The zero-order chi connectivity index (χ0) is 49.0. The molecule has 69 heavy (non-hydrogen) atoms. The highest BCUT2D eigenvalue weighted by Crippen LogP contribution is 2.56. The first-order chi connectivity index (χ1) is 33.3. The Bertz CT molecular complexity index is 2000. The highest BCUT2D eigenvalue weighted by atomic mass is 16.6. The van der Waals surface area contributed by atoms with Gasteiger partial charge in [-0.25, -0.2) is 0 Å². The zero-order valence-corrected chi connectivity index (χ0v) is 41.8. The summed E-state index contributed by atoms with van der Waals surface area (Å²) in [5.74, 6) is -2.47. The Morgan fingerprint density at radius 2 is 0.696 bits per heavy atom. The summed E-state index contributed by atoms with van der Waals surface area (Å²) in [4.78, 5) is 80.1. The van der Waals surface area contributed by atoms with E-state index in [2.05, 4.69) is 13.8 Å². The van der Waals surface area contributed by atoms with E-state index in [1.165, 1.54) is 0 Å². The van der Waals surface area contributed by atoms with Gasteiger partial charge in [-0.15, -0.1) is 0 Å². The van der Waals surface area contributed by atoms with Crippen molar-refractivity contribution in [1.82, 2.24) is 0 Å². The largest absolute Gasteiger partial charge is 0.462 e. The molecule has 0 aliphatic heterocycles. The van der Waals surface area contributed by atoms with Crippen molar-refractivity contribution in [3.8, 4) is 11.5 Å². The van der Waals surface area contributed by atoms with Crippen molar-refractivity contribution in [2.75, 3.05) is 0 Å². The minimum Gasteiger partial charge on any atom is -0.462 e. The van der Waals surface area contributed by atoms with Crippen LogP contribution in [0.2, 0.25) is 0 Å². The molecular formula is C57H76O12. The Kier molecular flexibility index (Phi) is 16.2. The van der Waals surface area contributed by atoms with E-state index >= 15 is 0 Å². The SMILES string of the molecule is CCC(=O)OC1C2CCCCC2C(OC(=O)CC)C2C(C(=O)Oc3ccc(C(C)(C)c4ccc(OC(=O)C5CCCC6C(OC(=O)CC)C7CCCCC7C(OC(=O)CC)C56)cc4)cc3)CCCC12. The van der Waals surface area contributed by atoms with Crippen molar-refractivity contribution in [3.05, 3.63) is 59.7 Å². The van der Waals surface area contributed by atoms with E-state index in [1.54, 1.807) is 27.7 Å². The molecule has 376 valence electrons. The van der Waals surface area contributed by atoms with Gasteiger partial charge in [-0.1, -0.05) is 104 Å². The van der Waals surface area contributed by atoms with Crippen molar-refractivity contribution < 1.29 is 57.2 Å². The van der Waals surface area contributed by atoms with Gasteiger partial charge in [-0.05, 0) is 86.8 Å². The fourth-order valence-electron chi connectivity index (χ4n) is 14.0. The number of benzene rings is 2. The van der Waals surface area contributed by atoms with E-state index in [0.29, 0.717) is 24.3 Å². The van der Waals surface area contributed by atoms with Crippen LogP contribution in [0.25, 0.3) is 0 Å². The summed E-state index contributed by atoms with van der Waals surface area (Å²) in [7, 11) is 0. The Balaban J connectivity index is 0.953. The zero-order valence-electron chi connectivity index (χ0n) is 41.8. The van der Waals surface area contributed by atoms with Crippen LogP contribution >= 0.6 is 0 Å². The van der Waals surface area contributed by atoms with Gasteiger partial charge in [0.2, 0.25) is 0 Å². The lowest BCUT2D eigenvalue weighted by Crippen LogP contribution is -2.60. The fourth-order valence-corrected chi connectivity index (χ4v) is 14.0. The number of hydrogen-bond donors (Lipinski definition) is 0. The smallest absolute Gasteiger partial charge is 0.314 e. The van der Waals surface area contributed by atoms with Gasteiger partial charge < -0.3 is 28.4 Å². The fraction of sp³-hybridized carbons (Fsp3) is 0.684. The van der Waals surface area contributed by atoms with Crippen LogP contribution in [-0.4, -0.2) is 60.2 Å². The molecule has 6 saturated carbocycles. The molecular weight excluding hydrogens is 877 g/mol. The van der Waals surface area contributed by atoms with Gasteiger partial charge in [0.1, 0.15) is 35.9 Å². The molecule has 0 amide bonds. The molecule has 12 heteroatoms. The average molecular weight is 953 g/mol. The van der Waals surface area contributed by atoms with Gasteiger partial charge in [0.05, 0.1) is 11.8 Å². The monoisotopic (exact) mass is 953 g/mol. The van der Waals surface area contributed by atoms with E-state index in [-0.39, 0.29) is 121 Å². The van der Waals surface area contributed by atoms with Crippen LogP contribution in [0.1, 0.15) is 168 Å². The standard InChI is InChI=1S/C57H76O12/c1-7-45(58)66-51-37-17-11-13-19-39(37)53(68-47(60)9-3)49-41(51)21-15-23-43(49)55(62)64-35-29-25-33(26-30-35)57(5,6)34-27-31-36(32-28-34)65-56(63)44-24-16-22-42-50(44)54(69-48(61)10-4)40-20-14-12-18-38(40)52(42)67-46(59)8-2/h25-32,37-44,49-54H,7-24H2,1-6H3. The Morgan fingerprint density at radius 3 is 1.01 bits per heavy atom. The predicted octanol–water partition coefficient (Wildman–Crippen LogP) is 10.8. The minimum atomic E-state index is -0.512. The number of carbonyl (C=O) groups excluding carboxylic acids is 6. The first-order valence-corrected chi connectivity index (χ1v) is 26.7. The maximum absolute atomic E-state index is 14.3. The predicted molar refractivity (Wildman–Crippen MR) is 257 cm³/mol. The third-order valence-electron chi connectivity index (χ3n) is 17.5. The lowest BCUT2D eigenvalue weighted by atomic mass is 9.54. The molecule has 0 saturated heterocycles. The topological polar surface area (TPSA) is 158 Å². The number of carbonyl (C=O) groups is 6. The van der Waals surface area contributed by atoms with Gasteiger partial charge in [0, 0.05) is 78.4 Å². The van der Waals surface area contributed by atoms with Gasteiger partial charge in [0.25, 0.3) is 0 Å². The van der Waals surface area contributed by atoms with Crippen LogP contribution in [0.15, 0.2) is 48.5 Å². The molecule has 2 aromatic carbocycles. The molecule has 6 aliphatic carbocycles. The molecule has 0 bridgehead atoms. The molecule has 0 radical (unpaired) electrons. The average Bonchev–Trinajstić information content (AvgIpc) is 3.37. The van der Waals surface area contributed by atoms with Crippen molar-refractivity contribution >= 4 is 35.8 Å². The molecule has 6 aliphatic rings. The first kappa shape index (κ1) is 50.6. The lowest BCUT2D eigenvalue weighted by molar-refractivity contribution is -0.206. The highest BCUT2D eigenvalue weighted by Gasteiger charge is 2.60.